The first-order valence-electron chi connectivity index (χ1n) is 7.79. The van der Waals surface area contributed by atoms with Gasteiger partial charge in [-0.2, -0.15) is 9.45 Å². The highest BCUT2D eigenvalue weighted by atomic mass is 19.2. The number of hydrogen-bond acceptors (Lipinski definition) is 5. The minimum Gasteiger partial charge on any atom is -0.479 e. The molecule has 0 aromatic heterocycles. The Hall–Kier alpha value is -2.64. The second-order valence-electron chi connectivity index (χ2n) is 5.75. The smallest absolute Gasteiger partial charge is 0.369 e. The van der Waals surface area contributed by atoms with Crippen molar-refractivity contribution in [3.8, 4) is 5.75 Å². The quantitative estimate of drug-likeness (QED) is 0.497. The lowest BCUT2D eigenvalue weighted by Gasteiger charge is -2.47. The molecule has 25 heavy (non-hydrogen) atoms. The number of fused-ring (bicyclic) bond motifs is 1. The number of ether oxygens (including phenoxy) is 1. The van der Waals surface area contributed by atoms with E-state index in [9.17, 15) is 18.4 Å². The second-order valence-corrected chi connectivity index (χ2v) is 5.75. The number of carboxylic acids is 1. The summed E-state index contributed by atoms with van der Waals surface area (Å²) < 4.78 is 33.6. The average molecular weight is 355 g/mol. The summed E-state index contributed by atoms with van der Waals surface area (Å²) in [6.45, 7) is 8.44. The van der Waals surface area contributed by atoms with Gasteiger partial charge in [-0.15, -0.1) is 0 Å². The molecule has 6 nitrogen and oxygen atoms in total. The van der Waals surface area contributed by atoms with Crippen LogP contribution in [-0.4, -0.2) is 28.7 Å². The number of anilines is 1. The van der Waals surface area contributed by atoms with E-state index in [1.807, 2.05) is 0 Å². The molecule has 2 rings (SSSR count). The number of nitrogens with zero attached hydrogens (tertiary/aromatic N) is 1. The molecule has 136 valence electrons. The molecule has 8 heteroatoms. The third kappa shape index (κ3) is 3.04. The molecule has 0 saturated carbocycles. The lowest BCUT2D eigenvalue weighted by molar-refractivity contribution is -0.148. The van der Waals surface area contributed by atoms with Crippen molar-refractivity contribution < 1.29 is 33.1 Å². The molecule has 0 spiro atoms. The number of carbonyl (C=O) groups excluding carboxylic acids is 1. The molecule has 0 radical (unpaired) electrons. The van der Waals surface area contributed by atoms with Gasteiger partial charge in [-0.3, -0.25) is 0 Å². The van der Waals surface area contributed by atoms with Crippen LogP contribution >= 0.6 is 0 Å². The van der Waals surface area contributed by atoms with Crippen molar-refractivity contribution in [3.63, 3.8) is 0 Å². The van der Waals surface area contributed by atoms with Gasteiger partial charge < -0.3 is 14.7 Å². The summed E-state index contributed by atoms with van der Waals surface area (Å²) >= 11 is 0. The van der Waals surface area contributed by atoms with Crippen LogP contribution in [0.4, 0.5) is 14.5 Å². The van der Waals surface area contributed by atoms with Crippen LogP contribution in [-0.2, 0) is 14.4 Å². The fourth-order valence-corrected chi connectivity index (χ4v) is 2.85. The van der Waals surface area contributed by atoms with Gasteiger partial charge in [0.2, 0.25) is 5.82 Å². The molecule has 0 saturated heterocycles. The molecule has 1 heterocycles. The van der Waals surface area contributed by atoms with Crippen molar-refractivity contribution in [3.05, 3.63) is 35.9 Å². The number of benzene rings is 1. The third-order valence-corrected chi connectivity index (χ3v) is 4.57. The van der Waals surface area contributed by atoms with Crippen molar-refractivity contribution in [1.29, 1.82) is 0 Å². The zero-order valence-electron chi connectivity index (χ0n) is 14.1. The Morgan fingerprint density at radius 2 is 1.96 bits per heavy atom. The molecule has 1 aliphatic rings. The molecular formula is C17H19F2NO5. The van der Waals surface area contributed by atoms with Crippen LogP contribution in [0.1, 0.15) is 33.6 Å². The number of halogens is 2. The molecular weight excluding hydrogens is 336 g/mol. The van der Waals surface area contributed by atoms with E-state index >= 15 is 0 Å². The van der Waals surface area contributed by atoms with Crippen LogP contribution in [0, 0.1) is 11.6 Å². The van der Waals surface area contributed by atoms with E-state index in [4.69, 9.17) is 14.7 Å². The van der Waals surface area contributed by atoms with Gasteiger partial charge >= 0.3 is 11.9 Å². The highest BCUT2D eigenvalue weighted by molar-refractivity contribution is 6.12. The van der Waals surface area contributed by atoms with Crippen LogP contribution in [0.2, 0.25) is 0 Å². The number of aliphatic carboxylic acids is 1. The summed E-state index contributed by atoms with van der Waals surface area (Å²) in [5.41, 5.74) is -1.73. The normalized spacial score (nSPS) is 18.1. The summed E-state index contributed by atoms with van der Waals surface area (Å²) in [5, 5.41) is 9.93. The summed E-state index contributed by atoms with van der Waals surface area (Å²) in [5.74, 6) is -5.41. The molecule has 0 amide bonds. The lowest BCUT2D eigenvalue weighted by Crippen LogP contribution is -2.58. The van der Waals surface area contributed by atoms with Gasteiger partial charge in [0, 0.05) is 0 Å². The zero-order chi connectivity index (χ0) is 18.9. The number of rotatable bonds is 5. The van der Waals surface area contributed by atoms with E-state index in [0.717, 1.165) is 11.1 Å². The Kier molecular flexibility index (Phi) is 5.01. The van der Waals surface area contributed by atoms with E-state index in [-0.39, 0.29) is 11.4 Å². The zero-order valence-corrected chi connectivity index (χ0v) is 14.1. The van der Waals surface area contributed by atoms with Crippen molar-refractivity contribution >= 4 is 17.6 Å². The van der Waals surface area contributed by atoms with Gasteiger partial charge in [-0.05, 0) is 31.9 Å². The maximum atomic E-state index is 14.2. The molecule has 1 aliphatic heterocycles. The molecule has 0 fully saturated rings. The predicted molar refractivity (Wildman–Crippen MR) is 85.1 cm³/mol. The largest absolute Gasteiger partial charge is 0.479 e. The van der Waals surface area contributed by atoms with Crippen molar-refractivity contribution in [2.24, 2.45) is 0 Å². The monoisotopic (exact) mass is 355 g/mol. The van der Waals surface area contributed by atoms with Crippen LogP contribution in [0.15, 0.2) is 24.3 Å². The summed E-state index contributed by atoms with van der Waals surface area (Å²) in [7, 11) is 0. The van der Waals surface area contributed by atoms with Gasteiger partial charge in [0.05, 0.1) is 0 Å². The summed E-state index contributed by atoms with van der Waals surface area (Å²) in [4.78, 5) is 28.0. The van der Waals surface area contributed by atoms with Gasteiger partial charge in [0.1, 0.15) is 22.9 Å². The molecule has 1 aromatic rings. The Balaban J connectivity index is 2.54. The van der Waals surface area contributed by atoms with Gasteiger partial charge in [-0.1, -0.05) is 20.4 Å². The maximum absolute atomic E-state index is 14.2. The average Bonchev–Trinajstić information content (AvgIpc) is 2.59. The topological polar surface area (TPSA) is 76.1 Å². The first kappa shape index (κ1) is 18.7. The van der Waals surface area contributed by atoms with Crippen LogP contribution < -0.4 is 9.80 Å². The first-order valence-corrected chi connectivity index (χ1v) is 7.79. The Morgan fingerprint density at radius 3 is 2.48 bits per heavy atom. The van der Waals surface area contributed by atoms with E-state index in [1.54, 1.807) is 20.8 Å². The van der Waals surface area contributed by atoms with E-state index < -0.39 is 40.8 Å². The number of hydroxylamine groups is 1. The van der Waals surface area contributed by atoms with E-state index in [2.05, 4.69) is 6.58 Å². The van der Waals surface area contributed by atoms with Gasteiger partial charge in [0.25, 0.3) is 0 Å². The van der Waals surface area contributed by atoms with Crippen LogP contribution in [0.25, 0.3) is 0 Å². The van der Waals surface area contributed by atoms with Gasteiger partial charge in [-0.25, -0.2) is 14.0 Å². The SMILES string of the molecule is C=C(C(=O)O)C(=O)ON1c2ccc(F)c(F)c2OC(CC)(CC)[C@@H]1C. The predicted octanol–water partition coefficient (Wildman–Crippen LogP) is 3.21. The molecule has 1 atom stereocenters. The summed E-state index contributed by atoms with van der Waals surface area (Å²) in [6, 6.07) is 1.50. The molecule has 1 N–H and O–H groups in total. The van der Waals surface area contributed by atoms with E-state index in [0.29, 0.717) is 12.8 Å². The van der Waals surface area contributed by atoms with E-state index in [1.165, 1.54) is 6.07 Å². The maximum Gasteiger partial charge on any atom is 0.369 e. The highest BCUT2D eigenvalue weighted by Crippen LogP contribution is 2.45. The fourth-order valence-electron chi connectivity index (χ4n) is 2.85. The fraction of sp³-hybridized carbons (Fsp3) is 0.412. The Morgan fingerprint density at radius 1 is 1.36 bits per heavy atom. The van der Waals surface area contributed by atoms with Crippen LogP contribution in [0.3, 0.4) is 0 Å². The standard InChI is InChI=1S/C17H19F2NO5/c1-5-17(6-2)10(4)20(25-16(23)9(3)15(21)22)12-8-7-11(18)13(19)14(12)24-17/h7-8,10H,3,5-6H2,1-2,4H3,(H,21,22)/t10-/m0/s1. The van der Waals surface area contributed by atoms with Crippen molar-refractivity contribution in [2.75, 3.05) is 5.06 Å². The van der Waals surface area contributed by atoms with Crippen molar-refractivity contribution in [2.45, 2.75) is 45.3 Å². The minimum absolute atomic E-state index is 0.00420. The Bertz CT molecular complexity index is 730. The highest BCUT2D eigenvalue weighted by Gasteiger charge is 2.47. The van der Waals surface area contributed by atoms with Crippen LogP contribution in [0.5, 0.6) is 5.75 Å². The third-order valence-electron chi connectivity index (χ3n) is 4.57. The Labute approximate surface area is 143 Å². The molecule has 0 bridgehead atoms. The number of carbonyl (C=O) groups is 2. The molecule has 0 aliphatic carbocycles. The minimum atomic E-state index is -1.53. The molecule has 0 unspecified atom stereocenters. The number of hydrogen-bond donors (Lipinski definition) is 1. The first-order chi connectivity index (χ1) is 11.7. The lowest BCUT2D eigenvalue weighted by atomic mass is 9.87. The number of carboxylic acid groups (broad SMARTS) is 1. The molecule has 1 aromatic carbocycles. The second kappa shape index (κ2) is 6.70. The van der Waals surface area contributed by atoms with Gasteiger partial charge in [0.15, 0.2) is 11.6 Å². The van der Waals surface area contributed by atoms with Crippen molar-refractivity contribution in [1.82, 2.24) is 0 Å². The summed E-state index contributed by atoms with van der Waals surface area (Å²) in [6.07, 6.45) is 0.849.